The summed E-state index contributed by atoms with van der Waals surface area (Å²) in [5, 5.41) is 18.0. The molecule has 35 heavy (non-hydrogen) atoms. The van der Waals surface area contributed by atoms with Crippen molar-refractivity contribution in [3.8, 4) is 11.3 Å². The number of hydrogen-bond donors (Lipinski definition) is 5. The highest BCUT2D eigenvalue weighted by Crippen LogP contribution is 2.28. The van der Waals surface area contributed by atoms with E-state index >= 15 is 0 Å². The quantitative estimate of drug-likeness (QED) is 0.222. The Morgan fingerprint density at radius 1 is 1.31 bits per heavy atom. The molecule has 7 N–H and O–H groups in total. The van der Waals surface area contributed by atoms with Crippen LogP contribution < -0.4 is 22.1 Å². The van der Waals surface area contributed by atoms with E-state index in [2.05, 4.69) is 15.6 Å². The van der Waals surface area contributed by atoms with Crippen LogP contribution in [0.5, 0.6) is 0 Å². The fourth-order valence-electron chi connectivity index (χ4n) is 3.54. The number of benzene rings is 1. The molecule has 11 nitrogen and oxygen atoms in total. The number of thiazole rings is 1. The monoisotopic (exact) mass is 505 g/mol. The first-order valence-electron chi connectivity index (χ1n) is 11.4. The lowest BCUT2D eigenvalue weighted by Crippen LogP contribution is -2.36. The fraction of sp³-hybridized carbons (Fsp3) is 0.478. The van der Waals surface area contributed by atoms with E-state index in [9.17, 15) is 19.5 Å². The van der Waals surface area contributed by atoms with E-state index in [1.807, 2.05) is 6.07 Å². The Labute approximate surface area is 207 Å². The summed E-state index contributed by atoms with van der Waals surface area (Å²) >= 11 is 1.30. The van der Waals surface area contributed by atoms with Gasteiger partial charge in [-0.25, -0.2) is 4.98 Å². The van der Waals surface area contributed by atoms with Gasteiger partial charge in [0, 0.05) is 30.0 Å². The minimum Gasteiger partial charge on any atom is -0.462 e. The van der Waals surface area contributed by atoms with Gasteiger partial charge in [0.05, 0.1) is 11.8 Å². The van der Waals surface area contributed by atoms with Gasteiger partial charge in [-0.2, -0.15) is 0 Å². The number of aliphatic hydroxyl groups is 1. The summed E-state index contributed by atoms with van der Waals surface area (Å²) in [5.41, 5.74) is 13.2. The number of nitrogens with two attached hydrogens (primary N) is 2. The maximum absolute atomic E-state index is 12.7. The van der Waals surface area contributed by atoms with Gasteiger partial charge in [0.1, 0.15) is 24.9 Å². The first-order chi connectivity index (χ1) is 16.8. The Hall–Kier alpha value is -2.90. The van der Waals surface area contributed by atoms with Crippen molar-refractivity contribution in [3.05, 3.63) is 29.6 Å². The summed E-state index contributed by atoms with van der Waals surface area (Å²) in [4.78, 5) is 40.3. The molecule has 0 unspecified atom stereocenters. The molecule has 0 radical (unpaired) electrons. The standard InChI is InChI=1S/C23H31N5O6S/c1-13(29)26-23-28-17(12-35-23)14-5-4-6-15(9-14)27-21(31)19-10-18(30)20(34-19)11-33-22(32)16(25)7-2-3-8-24/h4-6,9,12,16,18-20,30H,2-3,7-8,10-11,24-25H2,1H3,(H,27,31)(H,26,28,29)/t16-,18-,19-,20+/m0/s1. The number of nitrogens with one attached hydrogen (secondary N) is 2. The Morgan fingerprint density at radius 3 is 2.86 bits per heavy atom. The third kappa shape index (κ3) is 7.80. The van der Waals surface area contributed by atoms with E-state index < -0.39 is 36.2 Å². The molecule has 0 spiro atoms. The predicted octanol–water partition coefficient (Wildman–Crippen LogP) is 1.22. The third-order valence-electron chi connectivity index (χ3n) is 5.39. The molecule has 1 aromatic carbocycles. The van der Waals surface area contributed by atoms with Gasteiger partial charge >= 0.3 is 5.97 Å². The van der Waals surface area contributed by atoms with Crippen LogP contribution in [0.25, 0.3) is 11.3 Å². The molecule has 1 aromatic heterocycles. The highest BCUT2D eigenvalue weighted by atomic mass is 32.1. The average molecular weight is 506 g/mol. The van der Waals surface area contributed by atoms with Crippen LogP contribution in [0.3, 0.4) is 0 Å². The van der Waals surface area contributed by atoms with Crippen LogP contribution in [0, 0.1) is 0 Å². The van der Waals surface area contributed by atoms with Crippen molar-refractivity contribution in [3.63, 3.8) is 0 Å². The topological polar surface area (TPSA) is 179 Å². The summed E-state index contributed by atoms with van der Waals surface area (Å²) in [6.07, 6.45) is -0.655. The lowest BCUT2D eigenvalue weighted by atomic mass is 10.1. The van der Waals surface area contributed by atoms with E-state index in [0.29, 0.717) is 29.5 Å². The van der Waals surface area contributed by atoms with E-state index in [0.717, 1.165) is 18.4 Å². The van der Waals surface area contributed by atoms with Gasteiger partial charge in [0.25, 0.3) is 5.91 Å². The molecule has 1 aliphatic rings. The van der Waals surface area contributed by atoms with Crippen LogP contribution >= 0.6 is 11.3 Å². The Kier molecular flexibility index (Phi) is 9.69. The van der Waals surface area contributed by atoms with Crippen molar-refractivity contribution in [2.24, 2.45) is 11.5 Å². The number of aliphatic hydroxyl groups excluding tert-OH is 1. The van der Waals surface area contributed by atoms with Gasteiger partial charge in [0.2, 0.25) is 5.91 Å². The molecule has 190 valence electrons. The fourth-order valence-corrected chi connectivity index (χ4v) is 4.30. The van der Waals surface area contributed by atoms with Crippen molar-refractivity contribution < 1.29 is 29.0 Å². The van der Waals surface area contributed by atoms with Crippen LogP contribution in [-0.4, -0.2) is 65.4 Å². The molecule has 12 heteroatoms. The third-order valence-corrected chi connectivity index (χ3v) is 6.15. The highest BCUT2D eigenvalue weighted by Gasteiger charge is 2.39. The van der Waals surface area contributed by atoms with Crippen LogP contribution in [-0.2, 0) is 23.9 Å². The number of nitrogens with zero attached hydrogens (tertiary/aromatic N) is 1. The summed E-state index contributed by atoms with van der Waals surface area (Å²) in [5.74, 6) is -1.21. The molecule has 0 saturated carbocycles. The van der Waals surface area contributed by atoms with Gasteiger partial charge in [-0.05, 0) is 31.5 Å². The Bertz CT molecular complexity index is 1030. The summed E-state index contributed by atoms with van der Waals surface area (Å²) < 4.78 is 10.8. The van der Waals surface area contributed by atoms with Crippen molar-refractivity contribution >= 4 is 39.9 Å². The Morgan fingerprint density at radius 2 is 2.11 bits per heavy atom. The van der Waals surface area contributed by atoms with E-state index in [4.69, 9.17) is 20.9 Å². The number of ether oxygens (including phenoxy) is 2. The molecule has 2 aromatic rings. The number of carbonyl (C=O) groups excluding carboxylic acids is 3. The summed E-state index contributed by atoms with van der Waals surface area (Å²) in [7, 11) is 0. The van der Waals surface area contributed by atoms with Crippen LogP contribution in [0.2, 0.25) is 0 Å². The first-order valence-corrected chi connectivity index (χ1v) is 12.2. The number of anilines is 2. The molecule has 2 amide bonds. The molecule has 2 heterocycles. The largest absolute Gasteiger partial charge is 0.462 e. The van der Waals surface area contributed by atoms with Crippen LogP contribution in [0.1, 0.15) is 32.6 Å². The molecule has 1 saturated heterocycles. The van der Waals surface area contributed by atoms with Gasteiger partial charge in [0.15, 0.2) is 5.13 Å². The molecule has 3 rings (SSSR count). The molecular formula is C23H31N5O6S. The van der Waals surface area contributed by atoms with E-state index in [1.54, 1.807) is 23.6 Å². The average Bonchev–Trinajstić information content (AvgIpc) is 3.43. The lowest BCUT2D eigenvalue weighted by Gasteiger charge is -2.17. The number of esters is 1. The number of hydrogen-bond acceptors (Lipinski definition) is 10. The van der Waals surface area contributed by atoms with Crippen molar-refractivity contribution in [1.29, 1.82) is 0 Å². The maximum Gasteiger partial charge on any atom is 0.323 e. The first kappa shape index (κ1) is 26.7. The second kappa shape index (κ2) is 12.7. The van der Waals surface area contributed by atoms with Crippen LogP contribution in [0.4, 0.5) is 10.8 Å². The van der Waals surface area contributed by atoms with Gasteiger partial charge < -0.3 is 36.7 Å². The second-order valence-electron chi connectivity index (χ2n) is 8.28. The lowest BCUT2D eigenvalue weighted by molar-refractivity contribution is -0.151. The molecule has 0 bridgehead atoms. The zero-order chi connectivity index (χ0) is 25.4. The van der Waals surface area contributed by atoms with E-state index in [-0.39, 0.29) is 18.9 Å². The smallest absolute Gasteiger partial charge is 0.323 e. The number of carbonyl (C=O) groups is 3. The highest BCUT2D eigenvalue weighted by molar-refractivity contribution is 7.14. The summed E-state index contributed by atoms with van der Waals surface area (Å²) in [6.45, 7) is 1.75. The Balaban J connectivity index is 1.51. The molecule has 1 fully saturated rings. The maximum atomic E-state index is 12.7. The normalized spacial score (nSPS) is 20.3. The minimum atomic E-state index is -0.958. The van der Waals surface area contributed by atoms with Gasteiger partial charge in [-0.3, -0.25) is 14.4 Å². The predicted molar refractivity (Wildman–Crippen MR) is 132 cm³/mol. The second-order valence-corrected chi connectivity index (χ2v) is 9.13. The SMILES string of the molecule is CC(=O)Nc1nc(-c2cccc(NC(=O)[C@@H]3C[C@H](O)[C@@H](COC(=O)[C@@H](N)CCCCN)O3)c2)cs1. The number of amides is 2. The molecule has 1 aliphatic heterocycles. The van der Waals surface area contributed by atoms with Crippen LogP contribution in [0.15, 0.2) is 29.6 Å². The number of aromatic nitrogens is 1. The van der Waals surface area contributed by atoms with Crippen molar-refractivity contribution in [2.75, 3.05) is 23.8 Å². The minimum absolute atomic E-state index is 0.0719. The zero-order valence-electron chi connectivity index (χ0n) is 19.4. The summed E-state index contributed by atoms with van der Waals surface area (Å²) in [6, 6.07) is 6.31. The van der Waals surface area contributed by atoms with Gasteiger partial charge in [-0.1, -0.05) is 18.6 Å². The molecule has 0 aliphatic carbocycles. The number of rotatable bonds is 11. The number of unbranched alkanes of at least 4 members (excludes halogenated alkanes) is 1. The van der Waals surface area contributed by atoms with Gasteiger partial charge in [-0.15, -0.1) is 11.3 Å². The van der Waals surface area contributed by atoms with Crippen molar-refractivity contribution in [1.82, 2.24) is 4.98 Å². The van der Waals surface area contributed by atoms with Crippen molar-refractivity contribution in [2.45, 2.75) is 57.0 Å². The van der Waals surface area contributed by atoms with E-state index in [1.165, 1.54) is 18.3 Å². The zero-order valence-corrected chi connectivity index (χ0v) is 20.3. The molecule has 4 atom stereocenters. The molecular weight excluding hydrogens is 474 g/mol.